The van der Waals surface area contributed by atoms with Crippen LogP contribution in [0.25, 0.3) is 22.3 Å². The Morgan fingerprint density at radius 1 is 1.04 bits per heavy atom. The Morgan fingerprint density at radius 2 is 1.82 bits per heavy atom. The standard InChI is InChI=1S/C41H52N6O8S/c1-23(2)42-39-44-31(22-56-39)30-19-34(28-16-17-33(53-4)24(3)35(28)43-30)54-27-18-32-36(48)46-41(38(50)51)20-25(41)12-8-6-5-7-9-15-29(37(49)47(32)21-27)45-40(52)55-26-13-10-11-14-26/h8,12,16-17,19,22-23,25-27,29,32H,5-7,9-11,13-15,18,20-21H2,1-4H3,(H,42,44)(H,45,52)(H,46,48)(H,50,51)/b12-8-/t25?,27-,29+,32+,41-/m1/s1. The third-order valence-electron chi connectivity index (χ3n) is 11.3. The summed E-state index contributed by atoms with van der Waals surface area (Å²) in [6.07, 6.45) is 9.71. The summed E-state index contributed by atoms with van der Waals surface area (Å²) in [6, 6.07) is 3.75. The van der Waals surface area contributed by atoms with Gasteiger partial charge in [0, 0.05) is 40.8 Å². The summed E-state index contributed by atoms with van der Waals surface area (Å²) in [5, 5.41) is 22.7. The average molecular weight is 789 g/mol. The number of aryl methyl sites for hydroxylation is 1. The van der Waals surface area contributed by atoms with Gasteiger partial charge >= 0.3 is 12.1 Å². The number of aliphatic carboxylic acids is 1. The minimum Gasteiger partial charge on any atom is -0.496 e. The van der Waals surface area contributed by atoms with Crippen LogP contribution in [0, 0.1) is 12.8 Å². The van der Waals surface area contributed by atoms with E-state index in [0.717, 1.165) is 61.0 Å². The zero-order chi connectivity index (χ0) is 39.6. The second-order valence-electron chi connectivity index (χ2n) is 15.8. The number of allylic oxidation sites excluding steroid dienone is 1. The fourth-order valence-electron chi connectivity index (χ4n) is 8.19. The highest BCUT2D eigenvalue weighted by Crippen LogP contribution is 2.46. The second-order valence-corrected chi connectivity index (χ2v) is 16.6. The Bertz CT molecular complexity index is 2000. The third-order valence-corrected chi connectivity index (χ3v) is 12.1. The largest absolute Gasteiger partial charge is 0.496 e. The number of thiazole rings is 1. The molecular weight excluding hydrogens is 737 g/mol. The molecular formula is C41H52N6O8S. The number of carboxylic acids is 1. The van der Waals surface area contributed by atoms with Crippen molar-refractivity contribution in [1.29, 1.82) is 0 Å². The van der Waals surface area contributed by atoms with Crippen molar-refractivity contribution in [3.8, 4) is 22.9 Å². The van der Waals surface area contributed by atoms with Gasteiger partial charge in [-0.3, -0.25) is 9.59 Å². The Hall–Kier alpha value is -4.92. The number of hydrogen-bond donors (Lipinski definition) is 4. The van der Waals surface area contributed by atoms with Crippen LogP contribution in [-0.4, -0.2) is 93.4 Å². The van der Waals surface area contributed by atoms with Crippen LogP contribution in [-0.2, 0) is 19.1 Å². The lowest BCUT2D eigenvalue weighted by molar-refractivity contribution is -0.145. The number of benzene rings is 1. The van der Waals surface area contributed by atoms with Crippen molar-refractivity contribution in [3.05, 3.63) is 41.3 Å². The molecule has 4 heterocycles. The van der Waals surface area contributed by atoms with Gasteiger partial charge in [-0.2, -0.15) is 0 Å². The van der Waals surface area contributed by atoms with Crippen molar-refractivity contribution in [2.75, 3.05) is 19.0 Å². The van der Waals surface area contributed by atoms with E-state index in [9.17, 15) is 24.3 Å². The first kappa shape index (κ1) is 39.3. The van der Waals surface area contributed by atoms with Crippen LogP contribution in [0.2, 0.25) is 0 Å². The number of nitrogens with zero attached hydrogens (tertiary/aromatic N) is 3. The van der Waals surface area contributed by atoms with Gasteiger partial charge in [-0.05, 0) is 84.3 Å². The highest BCUT2D eigenvalue weighted by atomic mass is 32.1. The number of alkyl carbamates (subject to hydrolysis) is 1. The molecule has 2 aromatic heterocycles. The van der Waals surface area contributed by atoms with Crippen LogP contribution in [0.5, 0.6) is 11.5 Å². The molecule has 3 fully saturated rings. The number of aromatic nitrogens is 2. The number of amides is 3. The Morgan fingerprint density at radius 3 is 2.57 bits per heavy atom. The van der Waals surface area contributed by atoms with Crippen molar-refractivity contribution in [1.82, 2.24) is 25.5 Å². The van der Waals surface area contributed by atoms with Gasteiger partial charge < -0.3 is 40.2 Å². The van der Waals surface area contributed by atoms with Crippen LogP contribution in [0.3, 0.4) is 0 Å². The smallest absolute Gasteiger partial charge is 0.408 e. The second kappa shape index (κ2) is 16.7. The van der Waals surface area contributed by atoms with Gasteiger partial charge in [0.2, 0.25) is 11.8 Å². The molecule has 7 rings (SSSR count). The number of carbonyl (C=O) groups excluding carboxylic acids is 3. The molecule has 14 nitrogen and oxygen atoms in total. The topological polar surface area (TPSA) is 181 Å². The summed E-state index contributed by atoms with van der Waals surface area (Å²) >= 11 is 1.47. The molecule has 0 spiro atoms. The molecule has 4 aliphatic rings. The number of nitrogens with one attached hydrogen (secondary N) is 3. The Labute approximate surface area is 330 Å². The first-order valence-corrected chi connectivity index (χ1v) is 20.7. The molecule has 1 saturated heterocycles. The van der Waals surface area contributed by atoms with E-state index in [1.807, 2.05) is 56.5 Å². The molecule has 4 N–H and O–H groups in total. The van der Waals surface area contributed by atoms with Gasteiger partial charge in [-0.25, -0.2) is 19.6 Å². The number of rotatable bonds is 9. The molecule has 1 aromatic carbocycles. The average Bonchev–Trinajstić information content (AvgIpc) is 3.59. The lowest BCUT2D eigenvalue weighted by Gasteiger charge is -2.29. The maximum Gasteiger partial charge on any atom is 0.408 e. The number of hydrogen-bond acceptors (Lipinski definition) is 11. The van der Waals surface area contributed by atoms with E-state index in [0.29, 0.717) is 41.2 Å². The minimum atomic E-state index is -1.45. The number of ether oxygens (including phenoxy) is 3. The van der Waals surface area contributed by atoms with Crippen LogP contribution in [0.4, 0.5) is 9.93 Å². The van der Waals surface area contributed by atoms with Crippen molar-refractivity contribution in [2.24, 2.45) is 5.92 Å². The first-order valence-electron chi connectivity index (χ1n) is 19.8. The summed E-state index contributed by atoms with van der Waals surface area (Å²) in [7, 11) is 1.60. The quantitative estimate of drug-likeness (QED) is 0.177. The van der Waals surface area contributed by atoms with Gasteiger partial charge in [-0.15, -0.1) is 11.3 Å². The van der Waals surface area contributed by atoms with Gasteiger partial charge in [0.1, 0.15) is 47.0 Å². The highest BCUT2D eigenvalue weighted by Gasteiger charge is 2.61. The van der Waals surface area contributed by atoms with Crippen LogP contribution < -0.4 is 25.4 Å². The third kappa shape index (κ3) is 8.42. The number of methoxy groups -OCH3 is 1. The van der Waals surface area contributed by atoms with Gasteiger partial charge in [0.05, 0.1) is 24.9 Å². The summed E-state index contributed by atoms with van der Waals surface area (Å²) in [5.74, 6) is -1.32. The van der Waals surface area contributed by atoms with E-state index in [4.69, 9.17) is 24.2 Å². The van der Waals surface area contributed by atoms with Crippen molar-refractivity contribution >= 4 is 51.2 Å². The molecule has 3 aromatic rings. The van der Waals surface area contributed by atoms with Crippen LogP contribution >= 0.6 is 11.3 Å². The zero-order valence-electron chi connectivity index (χ0n) is 32.5. The van der Waals surface area contributed by atoms with E-state index in [2.05, 4.69) is 16.0 Å². The molecule has 56 heavy (non-hydrogen) atoms. The molecule has 2 aliphatic carbocycles. The number of anilines is 1. The summed E-state index contributed by atoms with van der Waals surface area (Å²) in [5.41, 5.74) is 1.26. The maximum atomic E-state index is 14.6. The molecule has 0 radical (unpaired) electrons. The normalized spacial score (nSPS) is 26.4. The minimum absolute atomic E-state index is 0.0314. The molecule has 3 amide bonds. The van der Waals surface area contributed by atoms with Crippen LogP contribution in [0.15, 0.2) is 35.7 Å². The maximum absolute atomic E-state index is 14.6. The summed E-state index contributed by atoms with van der Waals surface area (Å²) in [4.78, 5) is 65.8. The van der Waals surface area contributed by atoms with Crippen molar-refractivity contribution in [2.45, 2.75) is 127 Å². The van der Waals surface area contributed by atoms with E-state index >= 15 is 0 Å². The zero-order valence-corrected chi connectivity index (χ0v) is 33.3. The molecule has 5 atom stereocenters. The molecule has 2 saturated carbocycles. The lowest BCUT2D eigenvalue weighted by atomic mass is 10.0. The summed E-state index contributed by atoms with van der Waals surface area (Å²) < 4.78 is 18.1. The highest BCUT2D eigenvalue weighted by molar-refractivity contribution is 7.14. The molecule has 2 aliphatic heterocycles. The van der Waals surface area contributed by atoms with Crippen molar-refractivity contribution < 1.29 is 38.5 Å². The fourth-order valence-corrected chi connectivity index (χ4v) is 9.05. The number of carboxylic acid groups (broad SMARTS) is 1. The first-order chi connectivity index (χ1) is 26.9. The molecule has 15 heteroatoms. The Kier molecular flexibility index (Phi) is 11.7. The van der Waals surface area contributed by atoms with E-state index in [1.165, 1.54) is 16.2 Å². The van der Waals surface area contributed by atoms with Crippen molar-refractivity contribution in [3.63, 3.8) is 0 Å². The molecule has 1 unspecified atom stereocenters. The van der Waals surface area contributed by atoms with Crippen LogP contribution in [0.1, 0.15) is 90.0 Å². The predicted octanol–water partition coefficient (Wildman–Crippen LogP) is 6.36. The molecule has 0 bridgehead atoms. The number of carbonyl (C=O) groups is 4. The van der Waals surface area contributed by atoms with E-state index < -0.39 is 47.6 Å². The number of fused-ring (bicyclic) bond motifs is 3. The van der Waals surface area contributed by atoms with Gasteiger partial charge in [-0.1, -0.05) is 25.0 Å². The molecule has 300 valence electrons. The monoisotopic (exact) mass is 788 g/mol. The SMILES string of the molecule is COc1ccc2c(O[C@@H]3C[C@H]4C(=O)N[C@]5(C(=O)O)CC5/C=C\CCCCC[C@H](NC(=O)OC5CCCC5)C(=O)N4C3)cc(-c3csc(NC(C)C)n3)nc2c1C. The van der Waals surface area contributed by atoms with E-state index in [1.54, 1.807) is 7.11 Å². The lowest BCUT2D eigenvalue weighted by Crippen LogP contribution is -2.56. The predicted molar refractivity (Wildman–Crippen MR) is 212 cm³/mol. The Balaban J connectivity index is 1.22. The summed E-state index contributed by atoms with van der Waals surface area (Å²) in [6.45, 7) is 6.04. The fraction of sp³-hybridized carbons (Fsp3) is 0.561. The van der Waals surface area contributed by atoms with Gasteiger partial charge in [0.15, 0.2) is 5.13 Å². The number of pyridine rings is 1. The van der Waals surface area contributed by atoms with E-state index in [-0.39, 0.29) is 37.5 Å². The van der Waals surface area contributed by atoms with Gasteiger partial charge in [0.25, 0.3) is 0 Å².